The fourth-order valence-corrected chi connectivity index (χ4v) is 3.89. The van der Waals surface area contributed by atoms with E-state index in [1.165, 1.54) is 58.0 Å². The van der Waals surface area contributed by atoms with Crippen molar-refractivity contribution in [3.63, 3.8) is 0 Å². The fourth-order valence-electron chi connectivity index (χ4n) is 3.89. The summed E-state index contributed by atoms with van der Waals surface area (Å²) in [5.41, 5.74) is 0. The Morgan fingerprint density at radius 2 is 2.00 bits per heavy atom. The summed E-state index contributed by atoms with van der Waals surface area (Å²) in [5.74, 6) is 0.917. The van der Waals surface area contributed by atoms with E-state index in [9.17, 15) is 0 Å². The van der Waals surface area contributed by atoms with E-state index in [-0.39, 0.29) is 0 Å². The van der Waals surface area contributed by atoms with Crippen molar-refractivity contribution in [2.24, 2.45) is 5.92 Å². The predicted molar refractivity (Wildman–Crippen MR) is 80.5 cm³/mol. The van der Waals surface area contributed by atoms with E-state index in [1.54, 1.807) is 0 Å². The highest BCUT2D eigenvalue weighted by Gasteiger charge is 2.33. The Morgan fingerprint density at radius 1 is 1.21 bits per heavy atom. The molecule has 2 rings (SSSR count). The van der Waals surface area contributed by atoms with Gasteiger partial charge in [0.05, 0.1) is 6.61 Å². The second kappa shape index (κ2) is 8.23. The number of nitrogens with zero attached hydrogens (tertiary/aromatic N) is 1. The van der Waals surface area contributed by atoms with E-state index in [0.717, 1.165) is 25.1 Å². The maximum atomic E-state index is 5.31. The van der Waals surface area contributed by atoms with Crippen LogP contribution in [0, 0.1) is 5.92 Å². The van der Waals surface area contributed by atoms with Gasteiger partial charge in [0.1, 0.15) is 0 Å². The first-order valence-corrected chi connectivity index (χ1v) is 8.31. The molecule has 0 aromatic heterocycles. The standard InChI is InChI=1S/C16H32N2O/c1-3-7-15-13-18(10-11-19-2)16(12-17-15)14-8-5-4-6-9-14/h14-17H,3-13H2,1-2H3. The number of rotatable bonds is 6. The minimum absolute atomic E-state index is 0.696. The average Bonchev–Trinajstić information content (AvgIpc) is 2.46. The van der Waals surface area contributed by atoms with Crippen LogP contribution < -0.4 is 5.32 Å². The van der Waals surface area contributed by atoms with Gasteiger partial charge >= 0.3 is 0 Å². The molecule has 2 fully saturated rings. The van der Waals surface area contributed by atoms with Gasteiger partial charge < -0.3 is 10.1 Å². The second-order valence-electron chi connectivity index (χ2n) is 6.35. The highest BCUT2D eigenvalue weighted by Crippen LogP contribution is 2.30. The number of piperazine rings is 1. The van der Waals surface area contributed by atoms with Crippen LogP contribution in [0.2, 0.25) is 0 Å². The summed E-state index contributed by atoms with van der Waals surface area (Å²) in [6.45, 7) is 6.69. The summed E-state index contributed by atoms with van der Waals surface area (Å²) in [6.07, 6.45) is 9.80. The van der Waals surface area contributed by atoms with Crippen LogP contribution in [0.5, 0.6) is 0 Å². The molecule has 3 heteroatoms. The van der Waals surface area contributed by atoms with E-state index in [2.05, 4.69) is 17.1 Å². The Balaban J connectivity index is 1.91. The van der Waals surface area contributed by atoms with Crippen LogP contribution in [-0.4, -0.2) is 50.3 Å². The monoisotopic (exact) mass is 268 g/mol. The van der Waals surface area contributed by atoms with E-state index in [0.29, 0.717) is 6.04 Å². The van der Waals surface area contributed by atoms with E-state index in [4.69, 9.17) is 4.74 Å². The number of hydrogen-bond donors (Lipinski definition) is 1. The lowest BCUT2D eigenvalue weighted by Gasteiger charge is -2.45. The normalized spacial score (nSPS) is 30.6. The van der Waals surface area contributed by atoms with E-state index >= 15 is 0 Å². The summed E-state index contributed by atoms with van der Waals surface area (Å²) in [4.78, 5) is 2.72. The molecule has 1 aliphatic carbocycles. The van der Waals surface area contributed by atoms with Gasteiger partial charge in [0.25, 0.3) is 0 Å². The first-order chi connectivity index (χ1) is 9.35. The lowest BCUT2D eigenvalue weighted by molar-refractivity contribution is 0.0462. The molecular weight excluding hydrogens is 236 g/mol. The lowest BCUT2D eigenvalue weighted by Crippen LogP contribution is -2.59. The van der Waals surface area contributed by atoms with Crippen molar-refractivity contribution >= 4 is 0 Å². The topological polar surface area (TPSA) is 24.5 Å². The number of hydrogen-bond acceptors (Lipinski definition) is 3. The SMILES string of the molecule is CCCC1CN(CCOC)C(C2CCCCC2)CN1. The molecule has 1 saturated carbocycles. The van der Waals surface area contributed by atoms with Crippen LogP contribution in [0.1, 0.15) is 51.9 Å². The van der Waals surface area contributed by atoms with Crippen LogP contribution in [-0.2, 0) is 4.74 Å². The molecule has 0 aromatic carbocycles. The minimum atomic E-state index is 0.696. The first kappa shape index (κ1) is 15.3. The third kappa shape index (κ3) is 4.44. The van der Waals surface area contributed by atoms with Crippen molar-refractivity contribution in [3.8, 4) is 0 Å². The van der Waals surface area contributed by atoms with Gasteiger partial charge in [-0.25, -0.2) is 0 Å². The van der Waals surface area contributed by atoms with Gasteiger partial charge in [-0.2, -0.15) is 0 Å². The van der Waals surface area contributed by atoms with Gasteiger partial charge in [-0.15, -0.1) is 0 Å². The molecule has 19 heavy (non-hydrogen) atoms. The third-order valence-electron chi connectivity index (χ3n) is 4.95. The Hall–Kier alpha value is -0.120. The van der Waals surface area contributed by atoms with Crippen LogP contribution in [0.3, 0.4) is 0 Å². The quantitative estimate of drug-likeness (QED) is 0.801. The van der Waals surface area contributed by atoms with Gasteiger partial charge in [-0.1, -0.05) is 32.6 Å². The second-order valence-corrected chi connectivity index (χ2v) is 6.35. The number of methoxy groups -OCH3 is 1. The summed E-state index contributed by atoms with van der Waals surface area (Å²) in [6, 6.07) is 1.45. The molecule has 112 valence electrons. The summed E-state index contributed by atoms with van der Waals surface area (Å²) < 4.78 is 5.31. The lowest BCUT2D eigenvalue weighted by atomic mass is 9.82. The zero-order valence-electron chi connectivity index (χ0n) is 12.9. The van der Waals surface area contributed by atoms with Gasteiger partial charge in [0.15, 0.2) is 0 Å². The molecule has 3 nitrogen and oxygen atoms in total. The summed E-state index contributed by atoms with van der Waals surface area (Å²) >= 11 is 0. The van der Waals surface area contributed by atoms with Gasteiger partial charge in [0, 0.05) is 38.8 Å². The maximum Gasteiger partial charge on any atom is 0.0589 e. The third-order valence-corrected chi connectivity index (χ3v) is 4.95. The Kier molecular flexibility index (Phi) is 6.62. The molecule has 1 aliphatic heterocycles. The van der Waals surface area contributed by atoms with Crippen molar-refractivity contribution in [2.45, 2.75) is 64.0 Å². The van der Waals surface area contributed by atoms with Crippen LogP contribution in [0.25, 0.3) is 0 Å². The van der Waals surface area contributed by atoms with Crippen molar-refractivity contribution in [2.75, 3.05) is 33.4 Å². The molecule has 1 N–H and O–H groups in total. The summed E-state index contributed by atoms with van der Waals surface area (Å²) in [5, 5.41) is 3.79. The average molecular weight is 268 g/mol. The molecule has 2 atom stereocenters. The smallest absolute Gasteiger partial charge is 0.0589 e. The van der Waals surface area contributed by atoms with Crippen molar-refractivity contribution in [1.29, 1.82) is 0 Å². The molecule has 0 radical (unpaired) electrons. The molecule has 0 aromatic rings. The van der Waals surface area contributed by atoms with Crippen molar-refractivity contribution in [1.82, 2.24) is 10.2 Å². The summed E-state index contributed by atoms with van der Waals surface area (Å²) in [7, 11) is 1.82. The number of ether oxygens (including phenoxy) is 1. The van der Waals surface area contributed by atoms with Crippen molar-refractivity contribution < 1.29 is 4.74 Å². The van der Waals surface area contributed by atoms with Gasteiger partial charge in [0.2, 0.25) is 0 Å². The van der Waals surface area contributed by atoms with Gasteiger partial charge in [-0.3, -0.25) is 4.90 Å². The molecule has 2 unspecified atom stereocenters. The molecule has 0 amide bonds. The van der Waals surface area contributed by atoms with Gasteiger partial charge in [-0.05, 0) is 25.2 Å². The Bertz CT molecular complexity index is 241. The van der Waals surface area contributed by atoms with Crippen LogP contribution >= 0.6 is 0 Å². The Labute approximate surface area is 119 Å². The Morgan fingerprint density at radius 3 is 2.68 bits per heavy atom. The van der Waals surface area contributed by atoms with E-state index < -0.39 is 0 Å². The molecule has 1 heterocycles. The molecular formula is C16H32N2O. The highest BCUT2D eigenvalue weighted by atomic mass is 16.5. The highest BCUT2D eigenvalue weighted by molar-refractivity contribution is 4.90. The first-order valence-electron chi connectivity index (χ1n) is 8.31. The van der Waals surface area contributed by atoms with Crippen LogP contribution in [0.4, 0.5) is 0 Å². The predicted octanol–water partition coefficient (Wildman–Crippen LogP) is 2.66. The molecule has 1 saturated heterocycles. The van der Waals surface area contributed by atoms with Crippen LogP contribution in [0.15, 0.2) is 0 Å². The van der Waals surface area contributed by atoms with E-state index in [1.807, 2.05) is 7.11 Å². The molecule has 2 aliphatic rings. The molecule has 0 bridgehead atoms. The zero-order valence-corrected chi connectivity index (χ0v) is 12.9. The zero-order chi connectivity index (χ0) is 13.5. The maximum absolute atomic E-state index is 5.31. The van der Waals surface area contributed by atoms with Crippen molar-refractivity contribution in [3.05, 3.63) is 0 Å². The molecule has 0 spiro atoms. The fraction of sp³-hybridized carbons (Fsp3) is 1.00. The minimum Gasteiger partial charge on any atom is -0.383 e. The largest absolute Gasteiger partial charge is 0.383 e. The number of nitrogens with one attached hydrogen (secondary N) is 1.